The van der Waals surface area contributed by atoms with E-state index in [0.29, 0.717) is 115 Å². The number of benzene rings is 7. The number of H-pyrrole nitrogens is 3. The predicted molar refractivity (Wildman–Crippen MR) is 497 cm³/mol. The van der Waals surface area contributed by atoms with E-state index in [1.807, 2.05) is 43.3 Å². The van der Waals surface area contributed by atoms with Crippen LogP contribution in [0.1, 0.15) is 233 Å². The van der Waals surface area contributed by atoms with Crippen molar-refractivity contribution in [2.45, 2.75) is 222 Å². The second-order valence-corrected chi connectivity index (χ2v) is 39.7. The van der Waals surface area contributed by atoms with Crippen LogP contribution in [-0.4, -0.2) is 118 Å². The molecule has 0 atom stereocenters. The van der Waals surface area contributed by atoms with Gasteiger partial charge in [-0.05, 0) is 281 Å². The van der Waals surface area contributed by atoms with Crippen LogP contribution in [0, 0.1) is 112 Å². The van der Waals surface area contributed by atoms with Gasteiger partial charge in [-0.2, -0.15) is 0 Å². The number of aromatic nitrogens is 6. The molecule has 1 radical (unpaired) electrons. The van der Waals surface area contributed by atoms with Crippen molar-refractivity contribution in [1.29, 1.82) is 0 Å². The number of nitrogens with zero attached hydrogens (tertiary/aromatic N) is 4. The van der Waals surface area contributed by atoms with Crippen LogP contribution in [0.5, 0.6) is 0 Å². The molecule has 0 bridgehead atoms. The average Bonchev–Trinajstić information content (AvgIpc) is 1.62. The number of aromatic amines is 3. The number of Topliss-reactive ketones (excluding diaryl/α,β-unsaturated/α-hetero) is 1. The molecule has 0 spiro atoms. The third-order valence-electron chi connectivity index (χ3n) is 24.9. The molecule has 4 amide bonds. The molecule has 24 nitrogen and oxygen atoms in total. The molecule has 13 N–H and O–H groups in total. The summed E-state index contributed by atoms with van der Waals surface area (Å²) in [6.45, 7) is 14.5. The quantitative estimate of drug-likeness (QED) is 0.00520. The Morgan fingerprint density at radius 2 is 0.961 bits per heavy atom. The van der Waals surface area contributed by atoms with Crippen molar-refractivity contribution in [2.75, 3.05) is 47.4 Å². The molecule has 4 heterocycles. The van der Waals surface area contributed by atoms with Gasteiger partial charge in [0.25, 0.3) is 11.8 Å². The van der Waals surface area contributed by atoms with Crippen molar-refractivity contribution in [1.82, 2.24) is 45.4 Å². The van der Waals surface area contributed by atoms with Crippen LogP contribution in [0.3, 0.4) is 0 Å². The Morgan fingerprint density at radius 3 is 1.43 bits per heavy atom. The zero-order valence-electron chi connectivity index (χ0n) is 74.4. The van der Waals surface area contributed by atoms with E-state index in [0.717, 1.165) is 189 Å². The van der Waals surface area contributed by atoms with Crippen LogP contribution in [0.15, 0.2) is 146 Å². The number of ketones is 1. The van der Waals surface area contributed by atoms with Crippen LogP contribution in [0.2, 0.25) is 0 Å². The first-order valence-electron chi connectivity index (χ1n) is 44.6. The van der Waals surface area contributed by atoms with Gasteiger partial charge in [0.15, 0.2) is 0 Å². The smallest absolute Gasteiger partial charge is 0.261 e. The van der Waals surface area contributed by atoms with Crippen LogP contribution in [0.25, 0.3) is 33.1 Å². The molecule has 127 heavy (non-hydrogen) atoms. The summed E-state index contributed by atoms with van der Waals surface area (Å²) in [6.07, 6.45) is 25.0. The molecule has 4 aliphatic carbocycles. The SMILES string of the molecule is CC(=O)C1CCC(Cc2nc3ccc(C)cc3[nH]2)CC1.CC1CCC(CCOO)CC1.Cc1ccc(N)c(N)c1.Cc1ccc2nc(CC3CCC(C(=O)NCc4ccccc4F)CC3)[nH]c2c1.Cc1ccccc1CNC(=O)C1CCC(Cc2nc3ccc(NS(=O)(=O)CCCCCN)cc3[nH]2)CC1.O=C1c2ccccc2C(=O)N1CCCCCS(=O)(=O)Cl.[U].[V]. The summed E-state index contributed by atoms with van der Waals surface area (Å²) in [5.41, 5.74) is 31.6. The summed E-state index contributed by atoms with van der Waals surface area (Å²) in [5, 5.41) is 14.2. The number of anilines is 3. The third-order valence-corrected chi connectivity index (χ3v) is 27.5. The maximum absolute atomic E-state index is 13.7. The van der Waals surface area contributed by atoms with E-state index < -0.39 is 19.1 Å². The fourth-order valence-corrected chi connectivity index (χ4v) is 19.3. The van der Waals surface area contributed by atoms with Crippen LogP contribution < -0.4 is 32.6 Å². The number of amides is 4. The summed E-state index contributed by atoms with van der Waals surface area (Å²) in [7, 11) is -1.76. The van der Waals surface area contributed by atoms with Crippen molar-refractivity contribution >= 4 is 109 Å². The molecule has 7 aromatic carbocycles. The Labute approximate surface area is 788 Å². The van der Waals surface area contributed by atoms with Gasteiger partial charge in [-0.3, -0.25) is 38.9 Å². The first-order valence-corrected chi connectivity index (χ1v) is 48.8. The summed E-state index contributed by atoms with van der Waals surface area (Å²) < 4.78 is 62.6. The number of nitrogens with two attached hydrogens (primary N) is 3. The van der Waals surface area contributed by atoms with E-state index in [1.54, 1.807) is 61.5 Å². The van der Waals surface area contributed by atoms with Gasteiger partial charge in [0, 0.05) is 123 Å². The molecule has 30 heteroatoms. The van der Waals surface area contributed by atoms with E-state index in [9.17, 15) is 45.2 Å². The number of fused-ring (bicyclic) bond motifs is 4. The molecule has 683 valence electrons. The van der Waals surface area contributed by atoms with E-state index in [-0.39, 0.29) is 109 Å². The monoisotopic (exact) mass is 2060 g/mol. The normalized spacial score (nSPS) is 19.0. The molecule has 15 rings (SSSR count). The maximum Gasteiger partial charge on any atom is 0.261 e. The number of halogens is 2. The van der Waals surface area contributed by atoms with Gasteiger partial charge in [-0.1, -0.05) is 118 Å². The minimum atomic E-state index is -3.46. The number of nitrogen functional groups attached to an aromatic ring is 2. The molecule has 1 aliphatic heterocycles. The Morgan fingerprint density at radius 1 is 0.528 bits per heavy atom. The van der Waals surface area contributed by atoms with Crippen LogP contribution in [0.4, 0.5) is 21.5 Å². The Balaban J connectivity index is 0.000000198. The third kappa shape index (κ3) is 33.9. The largest absolute Gasteiger partial charge is 0.397 e. The van der Waals surface area contributed by atoms with Gasteiger partial charge in [0.1, 0.15) is 29.1 Å². The number of aryl methyl sites for hydroxylation is 4. The number of nitrogens with one attached hydrogen (secondary N) is 6. The first-order chi connectivity index (χ1) is 59.9. The zero-order chi connectivity index (χ0) is 89.6. The van der Waals surface area contributed by atoms with Gasteiger partial charge >= 0.3 is 0 Å². The number of unbranched alkanes of at least 4 members (excludes halogenated alkanes) is 4. The van der Waals surface area contributed by atoms with Crippen molar-refractivity contribution in [3.63, 3.8) is 0 Å². The number of hydrogen-bond donors (Lipinski definition) is 10. The van der Waals surface area contributed by atoms with Gasteiger partial charge in [0.05, 0.1) is 79.4 Å². The summed E-state index contributed by atoms with van der Waals surface area (Å²) in [5.74, 6) is 6.60. The molecule has 4 saturated carbocycles. The fraction of sp³-hybridized carbons (Fsp3) is 0.485. The zero-order valence-corrected chi connectivity index (χ0v) is 82.3. The Bertz CT molecular complexity index is 5400. The molecular formula is C97H129ClFN13O11S2UV. The fourth-order valence-electron chi connectivity index (χ4n) is 17.3. The second kappa shape index (κ2) is 52.0. The molecule has 10 aromatic rings. The van der Waals surface area contributed by atoms with E-state index in [2.05, 4.69) is 116 Å². The number of rotatable bonds is 29. The van der Waals surface area contributed by atoms with E-state index in [4.69, 9.17) is 43.1 Å². The number of carbonyl (C=O) groups is 5. The van der Waals surface area contributed by atoms with Crippen LogP contribution in [-0.2, 0) is 89.3 Å². The molecule has 5 aliphatic rings. The number of sulfonamides is 1. The van der Waals surface area contributed by atoms with Gasteiger partial charge < -0.3 is 42.8 Å². The molecule has 4 fully saturated rings. The van der Waals surface area contributed by atoms with Gasteiger partial charge in [-0.15, -0.1) is 0 Å². The second-order valence-electron chi connectivity index (χ2n) is 34.9. The number of carbonyl (C=O) groups excluding carboxylic acids is 5. The summed E-state index contributed by atoms with van der Waals surface area (Å²) in [4.78, 5) is 90.2. The van der Waals surface area contributed by atoms with Crippen LogP contribution >= 0.6 is 10.7 Å². The first kappa shape index (κ1) is 104. The van der Waals surface area contributed by atoms with Gasteiger partial charge in [0.2, 0.25) is 30.9 Å². The van der Waals surface area contributed by atoms with E-state index in [1.165, 1.54) is 53.3 Å². The Hall–Kier alpha value is -8.26. The standard InChI is InChI=1S/C28H39N5O3S.C23H26FN3O.C17H22N2O.C13H14ClNO4S.C9H18O2.C7H10N2.U.V/c1-20-7-3-4-8-23(20)19-30-28(34)22-11-9-21(10-12-22)17-27-31-25-14-13-24(18-26(25)32-27)33-37(35,36)16-6-2-5-15-29;1-15-6-11-20-21(12-15)27-22(26-20)13-16-7-9-17(10-8-16)23(28)25-14-18-4-2-3-5-19(18)24;1-11-3-8-15-16(9-11)19-17(18-15)10-13-4-6-14(7-5-13)12(2)20;14-20(18,19)9-5-1-4-8-15-12(16)10-6-2-3-7-11(10)13(15)17;1-8-2-4-9(5-3-8)6-7-11-10;1-5-2-3-6(8)7(9)4-5;;/h3-4,7-8,13-14,18,21-22,33H,2,5-6,9-12,15-17,19,29H2,1H3,(H,30,34)(H,31,32);2-6,11-12,16-17H,7-10,13-14H2,1H3,(H,25,28)(H,26,27);3,8-9,13-14H,4-7,10H2,1-2H3,(H,18,19);2-3,6-7H,1,4-5,8-9H2;8-10H,2-7H2,1H3;2-4H,8-9H2,1H3;;. The van der Waals surface area contributed by atoms with Crippen molar-refractivity contribution < 1.29 is 105 Å². The minimum absolute atomic E-state index is 0. The van der Waals surface area contributed by atoms with Crippen molar-refractivity contribution in [3.8, 4) is 0 Å². The van der Waals surface area contributed by atoms with Gasteiger partial charge in [-0.25, -0.2) is 41.1 Å². The Kier molecular flexibility index (Phi) is 42.6. The maximum atomic E-state index is 13.7. The average molecular weight is 2060 g/mol. The molecule has 0 saturated heterocycles. The van der Waals surface area contributed by atoms with Crippen molar-refractivity contribution in [3.05, 3.63) is 213 Å². The van der Waals surface area contributed by atoms with Crippen molar-refractivity contribution in [2.24, 2.45) is 53.1 Å². The minimum Gasteiger partial charge on any atom is -0.397 e. The number of hydrogen-bond acceptors (Lipinski definition) is 17. The van der Waals surface area contributed by atoms with E-state index >= 15 is 0 Å². The summed E-state index contributed by atoms with van der Waals surface area (Å²) in [6, 6.07) is 45.0. The molecule has 0 unspecified atom stereocenters. The predicted octanol–water partition coefficient (Wildman–Crippen LogP) is 18.8. The number of imidazole rings is 3. The molecule has 3 aromatic heterocycles. The summed E-state index contributed by atoms with van der Waals surface area (Å²) >= 11 is 0. The topological polar surface area (TPSA) is 387 Å². The number of imide groups is 1. The molecular weight excluding hydrogens is 1930 g/mol.